The number of likely N-dealkylation sites (tertiary alicyclic amines) is 1. The van der Waals surface area contributed by atoms with Gasteiger partial charge in [0.2, 0.25) is 5.91 Å². The molecule has 1 heterocycles. The standard InChI is InChI=1S/C26H41FN4O2.C9H12/c1-4-17(3)8-12-31(26(5-2)9-10-26)22(32)15-29-21-14-18-13-20(18)23(21)24(28)25(33)30-11-6-7-19(27)16-30;1-7-5-4-6-8(2)9(7)3/h17-20H,4-16,28H2,1-3H3;4-6H,1-3H3/b24-23-,29-21?;. The van der Waals surface area contributed by atoms with E-state index in [0.717, 1.165) is 62.8 Å². The second-order valence-electron chi connectivity index (χ2n) is 13.3. The van der Waals surface area contributed by atoms with Gasteiger partial charge in [0.1, 0.15) is 18.4 Å². The van der Waals surface area contributed by atoms with Crippen LogP contribution >= 0.6 is 0 Å². The van der Waals surface area contributed by atoms with Gasteiger partial charge in [-0.05, 0) is 107 Å². The van der Waals surface area contributed by atoms with Crippen LogP contribution in [0.4, 0.5) is 4.39 Å². The Hall–Kier alpha value is -2.70. The summed E-state index contributed by atoms with van der Waals surface area (Å²) in [6.45, 7) is 14.6. The number of hydrogen-bond acceptors (Lipinski definition) is 4. The average molecular weight is 581 g/mol. The van der Waals surface area contributed by atoms with E-state index < -0.39 is 6.17 Å². The van der Waals surface area contributed by atoms with Gasteiger partial charge in [0.05, 0.1) is 6.54 Å². The number of alkyl halides is 1. The van der Waals surface area contributed by atoms with E-state index in [0.29, 0.717) is 31.2 Å². The number of fused-ring (bicyclic) bond motifs is 1. The molecule has 4 aliphatic rings. The highest BCUT2D eigenvalue weighted by atomic mass is 19.1. The monoisotopic (exact) mass is 580 g/mol. The minimum atomic E-state index is -0.974. The van der Waals surface area contributed by atoms with E-state index in [2.05, 4.69) is 64.6 Å². The van der Waals surface area contributed by atoms with Gasteiger partial charge in [-0.2, -0.15) is 0 Å². The van der Waals surface area contributed by atoms with Crippen molar-refractivity contribution < 1.29 is 14.0 Å². The van der Waals surface area contributed by atoms with Crippen LogP contribution in [0.3, 0.4) is 0 Å². The number of piperidine rings is 1. The van der Waals surface area contributed by atoms with Crippen LogP contribution < -0.4 is 5.73 Å². The fourth-order valence-electron chi connectivity index (χ4n) is 6.58. The fourth-order valence-corrected chi connectivity index (χ4v) is 6.58. The molecule has 3 aliphatic carbocycles. The Morgan fingerprint density at radius 2 is 1.88 bits per heavy atom. The third-order valence-corrected chi connectivity index (χ3v) is 10.4. The molecular formula is C35H53FN4O2. The summed E-state index contributed by atoms with van der Waals surface area (Å²) in [5.41, 5.74) is 12.4. The Balaban J connectivity index is 0.000000385. The zero-order valence-electron chi connectivity index (χ0n) is 26.8. The van der Waals surface area contributed by atoms with Crippen LogP contribution in [0.1, 0.15) is 95.2 Å². The molecule has 1 aliphatic heterocycles. The molecule has 5 rings (SSSR count). The Kier molecular flexibility index (Phi) is 10.5. The smallest absolute Gasteiger partial charge is 0.270 e. The van der Waals surface area contributed by atoms with Gasteiger partial charge in [-0.25, -0.2) is 4.39 Å². The molecule has 0 aromatic heterocycles. The van der Waals surface area contributed by atoms with Crippen molar-refractivity contribution in [3.05, 3.63) is 46.2 Å². The predicted octanol–water partition coefficient (Wildman–Crippen LogP) is 6.46. The minimum Gasteiger partial charge on any atom is -0.394 e. The van der Waals surface area contributed by atoms with Crippen molar-refractivity contribution in [2.45, 2.75) is 111 Å². The molecule has 232 valence electrons. The molecule has 1 aromatic rings. The van der Waals surface area contributed by atoms with E-state index in [9.17, 15) is 14.0 Å². The van der Waals surface area contributed by atoms with Gasteiger partial charge in [-0.1, -0.05) is 45.4 Å². The first-order valence-electron chi connectivity index (χ1n) is 16.3. The van der Waals surface area contributed by atoms with Crippen LogP contribution in [-0.4, -0.2) is 65.2 Å². The molecule has 4 fully saturated rings. The van der Waals surface area contributed by atoms with Crippen molar-refractivity contribution in [3.8, 4) is 0 Å². The number of benzene rings is 1. The Labute approximate surface area is 253 Å². The quantitative estimate of drug-likeness (QED) is 0.341. The number of aliphatic imine (C=N–C) groups is 1. The summed E-state index contributed by atoms with van der Waals surface area (Å²) >= 11 is 0. The Morgan fingerprint density at radius 3 is 2.45 bits per heavy atom. The summed E-state index contributed by atoms with van der Waals surface area (Å²) in [5, 5.41) is 0. The summed E-state index contributed by atoms with van der Waals surface area (Å²) in [5.74, 6) is 1.19. The van der Waals surface area contributed by atoms with Gasteiger partial charge >= 0.3 is 0 Å². The molecule has 1 saturated heterocycles. The summed E-state index contributed by atoms with van der Waals surface area (Å²) in [4.78, 5) is 34.6. The van der Waals surface area contributed by atoms with Crippen LogP contribution in [0, 0.1) is 38.5 Å². The zero-order valence-corrected chi connectivity index (χ0v) is 26.8. The summed E-state index contributed by atoms with van der Waals surface area (Å²) < 4.78 is 13.8. The maximum absolute atomic E-state index is 13.8. The van der Waals surface area contributed by atoms with Crippen molar-refractivity contribution in [2.75, 3.05) is 26.2 Å². The molecule has 4 unspecified atom stereocenters. The largest absolute Gasteiger partial charge is 0.394 e. The molecule has 2 amide bonds. The lowest BCUT2D eigenvalue weighted by molar-refractivity contribution is -0.133. The molecule has 4 atom stereocenters. The van der Waals surface area contributed by atoms with Gasteiger partial charge in [-0.3, -0.25) is 14.6 Å². The molecule has 42 heavy (non-hydrogen) atoms. The molecule has 7 heteroatoms. The second kappa shape index (κ2) is 13.7. The number of allylic oxidation sites excluding steroid dienone is 1. The van der Waals surface area contributed by atoms with Gasteiger partial charge in [0.25, 0.3) is 5.91 Å². The molecule has 0 bridgehead atoms. The van der Waals surface area contributed by atoms with Crippen LogP contribution in [0.25, 0.3) is 0 Å². The molecule has 6 nitrogen and oxygen atoms in total. The number of amides is 2. The van der Waals surface area contributed by atoms with E-state index in [4.69, 9.17) is 10.7 Å². The molecule has 0 radical (unpaired) electrons. The van der Waals surface area contributed by atoms with E-state index in [1.807, 2.05) is 0 Å². The number of hydrogen-bond donors (Lipinski definition) is 1. The van der Waals surface area contributed by atoms with Gasteiger partial charge < -0.3 is 15.5 Å². The first-order chi connectivity index (χ1) is 20.0. The first-order valence-corrected chi connectivity index (χ1v) is 16.3. The number of carbonyl (C=O) groups excluding carboxylic acids is 2. The number of carbonyl (C=O) groups is 2. The van der Waals surface area contributed by atoms with Crippen molar-refractivity contribution >= 4 is 17.5 Å². The summed E-state index contributed by atoms with van der Waals surface area (Å²) in [7, 11) is 0. The van der Waals surface area contributed by atoms with Crippen molar-refractivity contribution in [3.63, 3.8) is 0 Å². The van der Waals surface area contributed by atoms with E-state index in [-0.39, 0.29) is 42.1 Å². The normalized spacial score (nSPS) is 26.6. The number of aryl methyl sites for hydroxylation is 2. The lowest BCUT2D eigenvalue weighted by Gasteiger charge is -2.32. The third kappa shape index (κ3) is 7.44. The predicted molar refractivity (Wildman–Crippen MR) is 169 cm³/mol. The lowest BCUT2D eigenvalue weighted by Crippen LogP contribution is -2.44. The average Bonchev–Trinajstić information content (AvgIpc) is 3.91. The topological polar surface area (TPSA) is 79.0 Å². The molecule has 1 aromatic carbocycles. The first kappa shape index (κ1) is 32.2. The summed E-state index contributed by atoms with van der Waals surface area (Å²) in [6.07, 6.45) is 7.30. The summed E-state index contributed by atoms with van der Waals surface area (Å²) in [6, 6.07) is 6.38. The highest BCUT2D eigenvalue weighted by Gasteiger charge is 2.51. The molecular weight excluding hydrogens is 527 g/mol. The number of nitrogens with two attached hydrogens (primary N) is 1. The van der Waals surface area contributed by atoms with Crippen LogP contribution in [0.15, 0.2) is 34.5 Å². The minimum absolute atomic E-state index is 0.0212. The fraction of sp³-hybridized carbons (Fsp3) is 0.686. The van der Waals surface area contributed by atoms with Crippen LogP contribution in [0.2, 0.25) is 0 Å². The third-order valence-electron chi connectivity index (χ3n) is 10.4. The van der Waals surface area contributed by atoms with E-state index >= 15 is 0 Å². The highest BCUT2D eigenvalue weighted by Crippen LogP contribution is 2.54. The highest BCUT2D eigenvalue weighted by molar-refractivity contribution is 6.11. The lowest BCUT2D eigenvalue weighted by atomic mass is 10.0. The molecule has 0 spiro atoms. The maximum atomic E-state index is 13.8. The van der Waals surface area contributed by atoms with Gasteiger partial charge in [0.15, 0.2) is 0 Å². The Morgan fingerprint density at radius 1 is 1.19 bits per heavy atom. The van der Waals surface area contributed by atoms with Crippen molar-refractivity contribution in [1.29, 1.82) is 0 Å². The second-order valence-corrected chi connectivity index (χ2v) is 13.3. The van der Waals surface area contributed by atoms with Crippen LogP contribution in [0.5, 0.6) is 0 Å². The van der Waals surface area contributed by atoms with E-state index in [1.165, 1.54) is 16.7 Å². The van der Waals surface area contributed by atoms with Gasteiger partial charge in [-0.15, -0.1) is 0 Å². The molecule has 3 saturated carbocycles. The number of halogens is 1. The van der Waals surface area contributed by atoms with Crippen molar-refractivity contribution in [1.82, 2.24) is 9.80 Å². The zero-order chi connectivity index (χ0) is 30.6. The van der Waals surface area contributed by atoms with E-state index in [1.54, 1.807) is 4.90 Å². The maximum Gasteiger partial charge on any atom is 0.270 e. The molecule has 2 N–H and O–H groups in total. The Bertz CT molecular complexity index is 1180. The van der Waals surface area contributed by atoms with Gasteiger partial charge in [0, 0.05) is 29.9 Å². The van der Waals surface area contributed by atoms with Crippen LogP contribution in [-0.2, 0) is 9.59 Å². The van der Waals surface area contributed by atoms with Crippen molar-refractivity contribution in [2.24, 2.45) is 28.5 Å². The number of rotatable bonds is 9. The SMILES string of the molecule is CCC(C)CCN(C(=O)CN=C1CC2CC2/C1=C(/N)C(=O)N1CCCC(F)C1)C1(CC)CC1.Cc1cccc(C)c1C. The number of nitrogens with zero attached hydrogens (tertiary/aromatic N) is 3.